The standard InChI is InChI=1S/C16H18N4O3/c1-18-13(8-9-17-18)16(22-2)10-19(11-16)15(21)20-14(23-20)12-6-4-3-5-7-12/h3-9,14H,10-11H2,1-2H3. The van der Waals surface area contributed by atoms with E-state index in [1.807, 2.05) is 43.4 Å². The van der Waals surface area contributed by atoms with Crippen molar-refractivity contribution in [3.63, 3.8) is 0 Å². The predicted octanol–water partition coefficient (Wildman–Crippen LogP) is 1.64. The van der Waals surface area contributed by atoms with Gasteiger partial charge >= 0.3 is 6.03 Å². The number of nitrogens with zero attached hydrogens (tertiary/aromatic N) is 4. The fourth-order valence-electron chi connectivity index (χ4n) is 3.10. The Bertz CT molecular complexity index is 724. The van der Waals surface area contributed by atoms with Crippen LogP contribution in [-0.4, -0.2) is 46.0 Å². The summed E-state index contributed by atoms with van der Waals surface area (Å²) >= 11 is 0. The third-order valence-electron chi connectivity index (χ3n) is 4.50. The normalized spacial score (nSPS) is 21.9. The monoisotopic (exact) mass is 314 g/mol. The van der Waals surface area contributed by atoms with Crippen LogP contribution in [0.1, 0.15) is 17.5 Å². The van der Waals surface area contributed by atoms with Crippen LogP contribution in [0, 0.1) is 0 Å². The van der Waals surface area contributed by atoms with Crippen molar-refractivity contribution in [1.29, 1.82) is 0 Å². The molecule has 3 heterocycles. The van der Waals surface area contributed by atoms with Gasteiger partial charge in [0.05, 0.1) is 18.8 Å². The molecule has 7 heteroatoms. The maximum atomic E-state index is 12.5. The van der Waals surface area contributed by atoms with Gasteiger partial charge in [0.25, 0.3) is 0 Å². The molecule has 2 aromatic rings. The van der Waals surface area contributed by atoms with Gasteiger partial charge in [-0.15, -0.1) is 0 Å². The molecular weight excluding hydrogens is 296 g/mol. The van der Waals surface area contributed by atoms with Crippen LogP contribution in [0.15, 0.2) is 42.6 Å². The van der Waals surface area contributed by atoms with Crippen LogP contribution < -0.4 is 0 Å². The Balaban J connectivity index is 1.42. The minimum atomic E-state index is -0.487. The van der Waals surface area contributed by atoms with E-state index < -0.39 is 5.60 Å². The molecule has 0 N–H and O–H groups in total. The van der Waals surface area contributed by atoms with E-state index in [2.05, 4.69) is 5.10 Å². The fourth-order valence-corrected chi connectivity index (χ4v) is 3.10. The maximum Gasteiger partial charge on any atom is 0.347 e. The molecular formula is C16H18N4O3. The zero-order valence-corrected chi connectivity index (χ0v) is 13.0. The molecule has 2 aliphatic rings. The summed E-state index contributed by atoms with van der Waals surface area (Å²) in [7, 11) is 3.54. The molecule has 2 amide bonds. The van der Waals surface area contributed by atoms with Crippen LogP contribution in [0.5, 0.6) is 0 Å². The molecule has 1 unspecified atom stereocenters. The number of hydroxylamine groups is 2. The molecule has 0 bridgehead atoms. The number of hydrogen-bond acceptors (Lipinski definition) is 4. The van der Waals surface area contributed by atoms with Gasteiger partial charge in [0.15, 0.2) is 0 Å². The first-order chi connectivity index (χ1) is 11.1. The number of methoxy groups -OCH3 is 1. The van der Waals surface area contributed by atoms with Crippen molar-refractivity contribution in [3.8, 4) is 0 Å². The number of aromatic nitrogens is 2. The highest BCUT2D eigenvalue weighted by Gasteiger charge is 2.54. The second-order valence-electron chi connectivity index (χ2n) is 5.87. The summed E-state index contributed by atoms with van der Waals surface area (Å²) in [4.78, 5) is 19.6. The molecule has 0 spiro atoms. The van der Waals surface area contributed by atoms with E-state index in [9.17, 15) is 4.79 Å². The van der Waals surface area contributed by atoms with Gasteiger partial charge in [-0.1, -0.05) is 30.3 Å². The number of aryl methyl sites for hydroxylation is 1. The molecule has 0 saturated carbocycles. The Morgan fingerprint density at radius 3 is 2.65 bits per heavy atom. The highest BCUT2D eigenvalue weighted by Crippen LogP contribution is 2.41. The Morgan fingerprint density at radius 2 is 2.04 bits per heavy atom. The van der Waals surface area contributed by atoms with Gasteiger partial charge in [0.1, 0.15) is 5.60 Å². The minimum absolute atomic E-state index is 0.131. The highest BCUT2D eigenvalue weighted by molar-refractivity contribution is 5.76. The first-order valence-electron chi connectivity index (χ1n) is 7.48. The third kappa shape index (κ3) is 2.20. The van der Waals surface area contributed by atoms with Crippen molar-refractivity contribution in [3.05, 3.63) is 53.9 Å². The number of carbonyl (C=O) groups is 1. The molecule has 0 radical (unpaired) electrons. The van der Waals surface area contributed by atoms with E-state index in [4.69, 9.17) is 9.57 Å². The zero-order valence-electron chi connectivity index (χ0n) is 13.0. The van der Waals surface area contributed by atoms with E-state index >= 15 is 0 Å². The second-order valence-corrected chi connectivity index (χ2v) is 5.87. The quantitative estimate of drug-likeness (QED) is 0.808. The molecule has 2 aliphatic heterocycles. The van der Waals surface area contributed by atoms with Crippen molar-refractivity contribution < 1.29 is 14.4 Å². The fraction of sp³-hybridized carbons (Fsp3) is 0.375. The summed E-state index contributed by atoms with van der Waals surface area (Å²) in [6, 6.07) is 11.5. The summed E-state index contributed by atoms with van der Waals surface area (Å²) in [6.45, 7) is 0.979. The van der Waals surface area contributed by atoms with Crippen molar-refractivity contribution >= 4 is 6.03 Å². The van der Waals surface area contributed by atoms with Gasteiger partial charge in [0, 0.05) is 25.9 Å². The summed E-state index contributed by atoms with van der Waals surface area (Å²) in [5, 5.41) is 5.58. The zero-order chi connectivity index (χ0) is 16.0. The lowest BCUT2D eigenvalue weighted by molar-refractivity contribution is -0.120. The molecule has 23 heavy (non-hydrogen) atoms. The first-order valence-corrected chi connectivity index (χ1v) is 7.48. The molecule has 4 rings (SSSR count). The van der Waals surface area contributed by atoms with Gasteiger partial charge in [-0.25, -0.2) is 9.63 Å². The number of hydrogen-bond donors (Lipinski definition) is 0. The predicted molar refractivity (Wildman–Crippen MR) is 81.0 cm³/mol. The van der Waals surface area contributed by atoms with Crippen LogP contribution in [0.3, 0.4) is 0 Å². The van der Waals surface area contributed by atoms with Crippen LogP contribution in [-0.2, 0) is 22.2 Å². The molecule has 120 valence electrons. The number of carbonyl (C=O) groups excluding carboxylic acids is 1. The van der Waals surface area contributed by atoms with E-state index in [1.165, 1.54) is 5.06 Å². The van der Waals surface area contributed by atoms with Crippen molar-refractivity contribution in [2.45, 2.75) is 11.8 Å². The van der Waals surface area contributed by atoms with Crippen LogP contribution in [0.4, 0.5) is 4.79 Å². The van der Waals surface area contributed by atoms with E-state index in [1.54, 1.807) is 22.9 Å². The molecule has 2 fully saturated rings. The highest BCUT2D eigenvalue weighted by atomic mass is 16.8. The largest absolute Gasteiger partial charge is 0.368 e. The Morgan fingerprint density at radius 1 is 1.30 bits per heavy atom. The molecule has 1 aromatic carbocycles. The topological polar surface area (TPSA) is 62.9 Å². The van der Waals surface area contributed by atoms with Gasteiger partial charge < -0.3 is 9.64 Å². The van der Waals surface area contributed by atoms with Gasteiger partial charge in [-0.2, -0.15) is 10.2 Å². The lowest BCUT2D eigenvalue weighted by Gasteiger charge is -2.48. The van der Waals surface area contributed by atoms with Gasteiger partial charge in [-0.3, -0.25) is 4.68 Å². The summed E-state index contributed by atoms with van der Waals surface area (Å²) in [5.41, 5.74) is 1.46. The van der Waals surface area contributed by atoms with E-state index in [-0.39, 0.29) is 12.3 Å². The smallest absolute Gasteiger partial charge is 0.347 e. The van der Waals surface area contributed by atoms with Gasteiger partial charge in [0.2, 0.25) is 6.23 Å². The molecule has 1 aromatic heterocycles. The van der Waals surface area contributed by atoms with Crippen LogP contribution >= 0.6 is 0 Å². The van der Waals surface area contributed by atoms with Crippen molar-refractivity contribution in [2.24, 2.45) is 7.05 Å². The summed E-state index contributed by atoms with van der Waals surface area (Å²) in [6.07, 6.45) is 1.46. The number of urea groups is 1. The average molecular weight is 314 g/mol. The summed E-state index contributed by atoms with van der Waals surface area (Å²) in [5.74, 6) is 0. The average Bonchev–Trinajstić information content (AvgIpc) is 3.24. The Kier molecular flexibility index (Phi) is 3.14. The number of ether oxygens (including phenoxy) is 1. The summed E-state index contributed by atoms with van der Waals surface area (Å²) < 4.78 is 7.46. The van der Waals surface area contributed by atoms with E-state index in [0.717, 1.165) is 11.3 Å². The van der Waals surface area contributed by atoms with Crippen LogP contribution in [0.2, 0.25) is 0 Å². The third-order valence-corrected chi connectivity index (χ3v) is 4.50. The molecule has 2 saturated heterocycles. The van der Waals surface area contributed by atoms with Crippen LogP contribution in [0.25, 0.3) is 0 Å². The number of rotatable bonds is 3. The number of benzene rings is 1. The number of amides is 2. The Hall–Kier alpha value is -2.38. The lowest BCUT2D eigenvalue weighted by atomic mass is 9.90. The lowest BCUT2D eigenvalue weighted by Crippen LogP contribution is -2.63. The molecule has 7 nitrogen and oxygen atoms in total. The molecule has 0 aliphatic carbocycles. The molecule has 1 atom stereocenters. The maximum absolute atomic E-state index is 12.5. The first kappa shape index (κ1) is 14.2. The number of likely N-dealkylation sites (tertiary alicyclic amines) is 1. The van der Waals surface area contributed by atoms with Crippen molar-refractivity contribution in [2.75, 3.05) is 20.2 Å². The Labute approximate surface area is 134 Å². The van der Waals surface area contributed by atoms with Crippen molar-refractivity contribution in [1.82, 2.24) is 19.7 Å². The second kappa shape index (κ2) is 5.07. The SMILES string of the molecule is COC1(c2ccnn2C)CN(C(=O)N2OC2c2ccccc2)C1. The minimum Gasteiger partial charge on any atom is -0.368 e. The van der Waals surface area contributed by atoms with Gasteiger partial charge in [-0.05, 0) is 6.07 Å². The van der Waals surface area contributed by atoms with E-state index in [0.29, 0.717) is 13.1 Å².